The maximum Gasteiger partial charge on any atom is 0.258 e. The van der Waals surface area contributed by atoms with E-state index in [-0.39, 0.29) is 17.6 Å². The summed E-state index contributed by atoms with van der Waals surface area (Å²) in [5.41, 5.74) is 4.78. The molecule has 0 unspecified atom stereocenters. The van der Waals surface area contributed by atoms with Gasteiger partial charge in [0.2, 0.25) is 0 Å². The highest BCUT2D eigenvalue weighted by atomic mass is 16.3. The average Bonchev–Trinajstić information content (AvgIpc) is 2.78. The van der Waals surface area contributed by atoms with E-state index >= 15 is 0 Å². The van der Waals surface area contributed by atoms with Gasteiger partial charge in [0, 0.05) is 29.7 Å². The molecule has 0 saturated carbocycles. The second-order valence-corrected chi connectivity index (χ2v) is 7.88. The van der Waals surface area contributed by atoms with Gasteiger partial charge in [-0.1, -0.05) is 68.4 Å². The molecule has 2 aromatic carbocycles. The topological polar surface area (TPSA) is 55.1 Å². The number of hydrogen-bond acceptors (Lipinski definition) is 3. The van der Waals surface area contributed by atoms with Crippen molar-refractivity contribution in [2.24, 2.45) is 0 Å². The molecule has 0 fully saturated rings. The fourth-order valence-electron chi connectivity index (χ4n) is 4.68. The maximum absolute atomic E-state index is 13.9. The Balaban J connectivity index is 2.08. The van der Waals surface area contributed by atoms with E-state index < -0.39 is 0 Å². The smallest absolute Gasteiger partial charge is 0.258 e. The van der Waals surface area contributed by atoms with Crippen LogP contribution in [0.15, 0.2) is 59.4 Å². The molecule has 0 bridgehead atoms. The number of fused-ring (bicyclic) bond motifs is 3. The second kappa shape index (κ2) is 7.96. The van der Waals surface area contributed by atoms with Crippen molar-refractivity contribution >= 4 is 0 Å². The SMILES string of the molecule is CCC1(CC)Cc2ccccc2-c2nc(-c3ccccc3)n(CCCO)c(=O)c21. The largest absolute Gasteiger partial charge is 0.396 e. The minimum atomic E-state index is -0.204. The molecule has 1 aromatic heterocycles. The number of hydrogen-bond donors (Lipinski definition) is 1. The minimum absolute atomic E-state index is 0.0421. The van der Waals surface area contributed by atoms with Gasteiger partial charge in [-0.05, 0) is 31.2 Å². The van der Waals surface area contributed by atoms with Crippen LogP contribution in [0.3, 0.4) is 0 Å². The average molecular weight is 389 g/mol. The van der Waals surface area contributed by atoms with Crippen molar-refractivity contribution in [1.29, 1.82) is 0 Å². The van der Waals surface area contributed by atoms with E-state index in [1.165, 1.54) is 5.56 Å². The predicted molar refractivity (Wildman–Crippen MR) is 117 cm³/mol. The molecule has 0 aliphatic heterocycles. The third-order valence-corrected chi connectivity index (χ3v) is 6.43. The number of rotatable bonds is 6. The quantitative estimate of drug-likeness (QED) is 0.673. The molecule has 0 radical (unpaired) electrons. The van der Waals surface area contributed by atoms with Gasteiger partial charge in [0.25, 0.3) is 5.56 Å². The number of nitrogens with zero attached hydrogens (tertiary/aromatic N) is 2. The molecule has 0 atom stereocenters. The Labute approximate surface area is 171 Å². The third-order valence-electron chi connectivity index (χ3n) is 6.43. The Morgan fingerprint density at radius 3 is 2.41 bits per heavy atom. The van der Waals surface area contributed by atoms with Gasteiger partial charge >= 0.3 is 0 Å². The van der Waals surface area contributed by atoms with Gasteiger partial charge in [0.15, 0.2) is 0 Å². The van der Waals surface area contributed by atoms with Crippen molar-refractivity contribution in [2.45, 2.75) is 51.5 Å². The van der Waals surface area contributed by atoms with Crippen LogP contribution >= 0.6 is 0 Å². The molecular weight excluding hydrogens is 360 g/mol. The van der Waals surface area contributed by atoms with Gasteiger partial charge in [-0.2, -0.15) is 0 Å². The number of aliphatic hydroxyl groups excluding tert-OH is 1. The molecule has 1 aliphatic rings. The zero-order chi connectivity index (χ0) is 20.4. The van der Waals surface area contributed by atoms with Crippen molar-refractivity contribution in [1.82, 2.24) is 9.55 Å². The zero-order valence-electron chi connectivity index (χ0n) is 17.2. The summed E-state index contributed by atoms with van der Waals surface area (Å²) in [4.78, 5) is 19.0. The van der Waals surface area contributed by atoms with E-state index in [9.17, 15) is 9.90 Å². The molecule has 0 saturated heterocycles. The van der Waals surface area contributed by atoms with Crippen LogP contribution in [0.1, 0.15) is 44.2 Å². The molecule has 1 N–H and O–H groups in total. The van der Waals surface area contributed by atoms with Gasteiger partial charge in [-0.25, -0.2) is 4.98 Å². The van der Waals surface area contributed by atoms with E-state index in [0.29, 0.717) is 18.8 Å². The van der Waals surface area contributed by atoms with E-state index in [4.69, 9.17) is 4.98 Å². The summed E-state index contributed by atoms with van der Waals surface area (Å²) in [7, 11) is 0. The Kier molecular flexibility index (Phi) is 5.37. The fourth-order valence-corrected chi connectivity index (χ4v) is 4.68. The lowest BCUT2D eigenvalue weighted by Crippen LogP contribution is -2.41. The first-order valence-corrected chi connectivity index (χ1v) is 10.5. The molecular formula is C25H28N2O2. The van der Waals surface area contributed by atoms with Crippen LogP contribution in [0.25, 0.3) is 22.6 Å². The van der Waals surface area contributed by atoms with Crippen molar-refractivity contribution < 1.29 is 5.11 Å². The first-order chi connectivity index (χ1) is 14.1. The predicted octanol–water partition coefficient (Wildman–Crippen LogP) is 4.57. The second-order valence-electron chi connectivity index (χ2n) is 7.88. The number of aromatic nitrogens is 2. The van der Waals surface area contributed by atoms with Crippen LogP contribution < -0.4 is 5.56 Å². The monoisotopic (exact) mass is 388 g/mol. The highest BCUT2D eigenvalue weighted by Crippen LogP contribution is 2.45. The van der Waals surface area contributed by atoms with Gasteiger partial charge < -0.3 is 5.11 Å². The first-order valence-electron chi connectivity index (χ1n) is 10.5. The van der Waals surface area contributed by atoms with E-state index in [0.717, 1.165) is 41.6 Å². The van der Waals surface area contributed by atoms with Crippen molar-refractivity contribution in [3.8, 4) is 22.6 Å². The molecule has 0 spiro atoms. The summed E-state index contributed by atoms with van der Waals surface area (Å²) in [5, 5.41) is 9.41. The van der Waals surface area contributed by atoms with Crippen LogP contribution in [0.4, 0.5) is 0 Å². The maximum atomic E-state index is 13.9. The number of aliphatic hydroxyl groups is 1. The normalized spacial score (nSPS) is 14.3. The van der Waals surface area contributed by atoms with Gasteiger partial charge in [0.1, 0.15) is 5.82 Å². The summed E-state index contributed by atoms with van der Waals surface area (Å²) in [6, 6.07) is 18.2. The molecule has 150 valence electrons. The first kappa shape index (κ1) is 19.6. The summed E-state index contributed by atoms with van der Waals surface area (Å²) in [5.74, 6) is 0.681. The molecule has 1 aliphatic carbocycles. The fraction of sp³-hybridized carbons (Fsp3) is 0.360. The van der Waals surface area contributed by atoms with Crippen molar-refractivity contribution in [3.05, 3.63) is 76.1 Å². The molecule has 4 nitrogen and oxygen atoms in total. The minimum Gasteiger partial charge on any atom is -0.396 e. The van der Waals surface area contributed by atoms with Crippen molar-refractivity contribution in [3.63, 3.8) is 0 Å². The van der Waals surface area contributed by atoms with Crippen LogP contribution in [-0.4, -0.2) is 21.3 Å². The lowest BCUT2D eigenvalue weighted by molar-refractivity contribution is 0.278. The lowest BCUT2D eigenvalue weighted by Gasteiger charge is -2.38. The summed E-state index contributed by atoms with van der Waals surface area (Å²) in [6.07, 6.45) is 3.19. The van der Waals surface area contributed by atoms with E-state index in [1.807, 2.05) is 36.4 Å². The molecule has 4 rings (SSSR count). The van der Waals surface area contributed by atoms with Crippen LogP contribution in [0, 0.1) is 0 Å². The highest BCUT2D eigenvalue weighted by Gasteiger charge is 2.40. The van der Waals surface area contributed by atoms with E-state index in [1.54, 1.807) is 4.57 Å². The van der Waals surface area contributed by atoms with Crippen molar-refractivity contribution in [2.75, 3.05) is 6.61 Å². The van der Waals surface area contributed by atoms with Crippen LogP contribution in [0.2, 0.25) is 0 Å². The van der Waals surface area contributed by atoms with Gasteiger partial charge in [-0.15, -0.1) is 0 Å². The molecule has 29 heavy (non-hydrogen) atoms. The number of benzene rings is 2. The van der Waals surface area contributed by atoms with Gasteiger partial charge in [-0.3, -0.25) is 9.36 Å². The summed E-state index contributed by atoms with van der Waals surface area (Å²) >= 11 is 0. The Hall–Kier alpha value is -2.72. The Morgan fingerprint density at radius 1 is 1.03 bits per heavy atom. The van der Waals surface area contributed by atoms with Crippen LogP contribution in [-0.2, 0) is 18.4 Å². The summed E-state index contributed by atoms with van der Waals surface area (Å²) < 4.78 is 1.78. The van der Waals surface area contributed by atoms with E-state index in [2.05, 4.69) is 32.0 Å². The third kappa shape index (κ3) is 3.22. The standard InChI is InChI=1S/C25H28N2O2/c1-3-25(4-2)17-19-13-8-9-14-20(19)22-21(25)24(29)27(15-10-16-28)23(26-22)18-11-6-5-7-12-18/h5-9,11-14,28H,3-4,10,15-17H2,1-2H3. The van der Waals surface area contributed by atoms with Crippen LogP contribution in [0.5, 0.6) is 0 Å². The lowest BCUT2D eigenvalue weighted by atomic mass is 9.66. The van der Waals surface area contributed by atoms with Gasteiger partial charge in [0.05, 0.1) is 11.3 Å². The Morgan fingerprint density at radius 2 is 1.72 bits per heavy atom. The summed E-state index contributed by atoms with van der Waals surface area (Å²) in [6.45, 7) is 4.85. The molecule has 3 aromatic rings. The highest BCUT2D eigenvalue weighted by molar-refractivity contribution is 5.73. The Bertz CT molecular complexity index is 1070. The zero-order valence-corrected chi connectivity index (χ0v) is 17.2. The molecule has 1 heterocycles. The molecule has 4 heteroatoms. The molecule has 0 amide bonds.